The van der Waals surface area contributed by atoms with Crippen LogP contribution in [-0.4, -0.2) is 30.1 Å². The first-order chi connectivity index (χ1) is 10.2. The molecule has 1 aromatic carbocycles. The average Bonchev–Trinajstić information content (AvgIpc) is 2.69. The van der Waals surface area contributed by atoms with Crippen LogP contribution in [0.15, 0.2) is 24.3 Å². The molecule has 0 saturated heterocycles. The lowest BCUT2D eigenvalue weighted by Crippen LogP contribution is -2.41. The lowest BCUT2D eigenvalue weighted by atomic mass is 9.97. The van der Waals surface area contributed by atoms with Crippen molar-refractivity contribution in [3.8, 4) is 6.07 Å². The fraction of sp³-hybridized carbons (Fsp3) is 0.611. The van der Waals surface area contributed by atoms with Gasteiger partial charge < -0.3 is 0 Å². The van der Waals surface area contributed by atoms with Crippen molar-refractivity contribution in [1.82, 2.24) is 10.2 Å². The average molecular weight is 285 g/mol. The summed E-state index contributed by atoms with van der Waals surface area (Å²) in [5, 5.41) is 12.6. The van der Waals surface area contributed by atoms with E-state index in [9.17, 15) is 5.26 Å². The minimum atomic E-state index is -0.376. The number of benzene rings is 1. The summed E-state index contributed by atoms with van der Waals surface area (Å²) in [6.07, 6.45) is 4.41. The van der Waals surface area contributed by atoms with Crippen LogP contribution in [0, 0.1) is 11.3 Å². The van der Waals surface area contributed by atoms with Crippen molar-refractivity contribution in [1.29, 1.82) is 5.26 Å². The van der Waals surface area contributed by atoms with Crippen molar-refractivity contribution in [3.05, 3.63) is 35.4 Å². The van der Waals surface area contributed by atoms with E-state index in [1.165, 1.54) is 30.5 Å². The summed E-state index contributed by atoms with van der Waals surface area (Å²) >= 11 is 0. The summed E-state index contributed by atoms with van der Waals surface area (Å²) in [5.41, 5.74) is 2.61. The Balaban J connectivity index is 1.86. The molecule has 0 fully saturated rings. The van der Waals surface area contributed by atoms with Gasteiger partial charge in [-0.15, -0.1) is 0 Å². The molecular formula is C18H27N3. The molecule has 1 aliphatic heterocycles. The maximum atomic E-state index is 9.30. The van der Waals surface area contributed by atoms with E-state index in [2.05, 4.69) is 47.5 Å². The van der Waals surface area contributed by atoms with Gasteiger partial charge in [0.05, 0.1) is 6.07 Å². The van der Waals surface area contributed by atoms with E-state index in [-0.39, 0.29) is 5.54 Å². The summed E-state index contributed by atoms with van der Waals surface area (Å²) < 4.78 is 0. The van der Waals surface area contributed by atoms with Gasteiger partial charge in [0, 0.05) is 6.54 Å². The zero-order valence-electron chi connectivity index (χ0n) is 13.4. The zero-order chi connectivity index (χ0) is 15.1. The molecule has 1 aliphatic rings. The standard InChI is InChI=1S/C18H27N3/c1-3-20-18(2,15-19)11-7-13-21-12-6-10-16-8-4-5-9-17(16)14-21/h4-5,8-9,20H,3,6-7,10-14H2,1-2H3. The van der Waals surface area contributed by atoms with Crippen LogP contribution in [0.4, 0.5) is 0 Å². The predicted octanol–water partition coefficient (Wildman–Crippen LogP) is 3.11. The monoisotopic (exact) mass is 285 g/mol. The van der Waals surface area contributed by atoms with Crippen molar-refractivity contribution < 1.29 is 0 Å². The van der Waals surface area contributed by atoms with Crippen LogP contribution in [0.1, 0.15) is 44.2 Å². The highest BCUT2D eigenvalue weighted by Crippen LogP contribution is 2.19. The third-order valence-corrected chi connectivity index (χ3v) is 4.40. The number of nitrogens with one attached hydrogen (secondary N) is 1. The third kappa shape index (κ3) is 4.56. The van der Waals surface area contributed by atoms with E-state index in [0.29, 0.717) is 0 Å². The molecule has 0 aliphatic carbocycles. The smallest absolute Gasteiger partial charge is 0.103 e. The second kappa shape index (κ2) is 7.59. The Morgan fingerprint density at radius 1 is 1.33 bits per heavy atom. The van der Waals surface area contributed by atoms with E-state index in [4.69, 9.17) is 0 Å². The van der Waals surface area contributed by atoms with Gasteiger partial charge >= 0.3 is 0 Å². The molecule has 114 valence electrons. The van der Waals surface area contributed by atoms with Crippen molar-refractivity contribution in [3.63, 3.8) is 0 Å². The predicted molar refractivity (Wildman–Crippen MR) is 87.0 cm³/mol. The highest BCUT2D eigenvalue weighted by Gasteiger charge is 2.22. The lowest BCUT2D eigenvalue weighted by Gasteiger charge is -2.25. The molecule has 0 radical (unpaired) electrons. The van der Waals surface area contributed by atoms with Gasteiger partial charge in [0.15, 0.2) is 0 Å². The van der Waals surface area contributed by atoms with Gasteiger partial charge in [-0.05, 0) is 63.4 Å². The molecule has 2 rings (SSSR count). The minimum Gasteiger partial charge on any atom is -0.300 e. The van der Waals surface area contributed by atoms with Crippen LogP contribution < -0.4 is 5.32 Å². The Morgan fingerprint density at radius 2 is 2.10 bits per heavy atom. The topological polar surface area (TPSA) is 39.1 Å². The fourth-order valence-electron chi connectivity index (χ4n) is 3.19. The maximum absolute atomic E-state index is 9.30. The first kappa shape index (κ1) is 16.0. The molecule has 0 bridgehead atoms. The Morgan fingerprint density at radius 3 is 2.81 bits per heavy atom. The molecule has 1 heterocycles. The summed E-state index contributed by atoms with van der Waals surface area (Å²) in [5.74, 6) is 0. The van der Waals surface area contributed by atoms with Crippen LogP contribution >= 0.6 is 0 Å². The van der Waals surface area contributed by atoms with E-state index < -0.39 is 0 Å². The Kier molecular flexibility index (Phi) is 5.78. The van der Waals surface area contributed by atoms with Gasteiger partial charge in [0.1, 0.15) is 5.54 Å². The van der Waals surface area contributed by atoms with Gasteiger partial charge in [-0.25, -0.2) is 0 Å². The second-order valence-corrected chi connectivity index (χ2v) is 6.23. The molecule has 3 nitrogen and oxygen atoms in total. The SMILES string of the molecule is CCNC(C)(C#N)CCCN1CCCc2ccccc2C1. The molecule has 0 spiro atoms. The highest BCUT2D eigenvalue weighted by molar-refractivity contribution is 5.28. The van der Waals surface area contributed by atoms with Crippen molar-refractivity contribution in [2.75, 3.05) is 19.6 Å². The van der Waals surface area contributed by atoms with E-state index in [1.807, 2.05) is 6.92 Å². The van der Waals surface area contributed by atoms with E-state index in [0.717, 1.165) is 32.5 Å². The number of nitriles is 1. The molecule has 1 atom stereocenters. The summed E-state index contributed by atoms with van der Waals surface area (Å²) in [6, 6.07) is 11.2. The molecule has 1 N–H and O–H groups in total. The molecule has 21 heavy (non-hydrogen) atoms. The van der Waals surface area contributed by atoms with Gasteiger partial charge in [-0.3, -0.25) is 10.2 Å². The Bertz CT molecular complexity index is 491. The van der Waals surface area contributed by atoms with Crippen LogP contribution in [0.2, 0.25) is 0 Å². The Hall–Kier alpha value is -1.37. The zero-order valence-corrected chi connectivity index (χ0v) is 13.4. The molecule has 0 saturated carbocycles. The number of rotatable bonds is 6. The lowest BCUT2D eigenvalue weighted by molar-refractivity contribution is 0.253. The van der Waals surface area contributed by atoms with E-state index >= 15 is 0 Å². The summed E-state index contributed by atoms with van der Waals surface area (Å²) in [4.78, 5) is 2.54. The third-order valence-electron chi connectivity index (χ3n) is 4.40. The first-order valence-corrected chi connectivity index (χ1v) is 8.12. The summed E-state index contributed by atoms with van der Waals surface area (Å²) in [7, 11) is 0. The van der Waals surface area contributed by atoms with Crippen LogP contribution in [0.3, 0.4) is 0 Å². The fourth-order valence-corrected chi connectivity index (χ4v) is 3.19. The van der Waals surface area contributed by atoms with Crippen molar-refractivity contribution in [2.24, 2.45) is 0 Å². The van der Waals surface area contributed by atoms with Crippen LogP contribution in [0.5, 0.6) is 0 Å². The largest absolute Gasteiger partial charge is 0.300 e. The van der Waals surface area contributed by atoms with Crippen molar-refractivity contribution in [2.45, 2.75) is 51.6 Å². The normalized spacial score (nSPS) is 18.3. The van der Waals surface area contributed by atoms with Gasteiger partial charge in [0.2, 0.25) is 0 Å². The van der Waals surface area contributed by atoms with E-state index in [1.54, 1.807) is 0 Å². The number of fused-ring (bicyclic) bond motifs is 1. The maximum Gasteiger partial charge on any atom is 0.103 e. The van der Waals surface area contributed by atoms with Crippen LogP contribution in [-0.2, 0) is 13.0 Å². The molecule has 1 aromatic rings. The second-order valence-electron chi connectivity index (χ2n) is 6.23. The number of hydrogen-bond donors (Lipinski definition) is 1. The highest BCUT2D eigenvalue weighted by atomic mass is 15.1. The molecule has 3 heteroatoms. The van der Waals surface area contributed by atoms with Gasteiger partial charge in [-0.1, -0.05) is 31.2 Å². The number of nitrogens with zero attached hydrogens (tertiary/aromatic N) is 2. The first-order valence-electron chi connectivity index (χ1n) is 8.12. The molecule has 0 aromatic heterocycles. The Labute approximate surface area is 129 Å². The van der Waals surface area contributed by atoms with Gasteiger partial charge in [-0.2, -0.15) is 5.26 Å². The number of aryl methyl sites for hydroxylation is 1. The van der Waals surface area contributed by atoms with Crippen LogP contribution in [0.25, 0.3) is 0 Å². The van der Waals surface area contributed by atoms with Crippen molar-refractivity contribution >= 4 is 0 Å². The quantitative estimate of drug-likeness (QED) is 0.873. The minimum absolute atomic E-state index is 0.376. The molecule has 1 unspecified atom stereocenters. The molecular weight excluding hydrogens is 258 g/mol. The summed E-state index contributed by atoms with van der Waals surface area (Å²) in [6.45, 7) is 8.22. The van der Waals surface area contributed by atoms with Gasteiger partial charge in [0.25, 0.3) is 0 Å². The molecule has 0 amide bonds. The number of hydrogen-bond acceptors (Lipinski definition) is 3.